The third-order valence-electron chi connectivity index (χ3n) is 1.96. The van der Waals surface area contributed by atoms with E-state index in [4.69, 9.17) is 11.6 Å². The fourth-order valence-corrected chi connectivity index (χ4v) is 1.45. The summed E-state index contributed by atoms with van der Waals surface area (Å²) in [6, 6.07) is 3.39. The Kier molecular flexibility index (Phi) is 2.51. The van der Waals surface area contributed by atoms with Gasteiger partial charge < -0.3 is 0 Å². The number of nitrogens with one attached hydrogen (secondary N) is 1. The summed E-state index contributed by atoms with van der Waals surface area (Å²) in [4.78, 5) is 15.5. The number of aryl methyl sites for hydroxylation is 1. The van der Waals surface area contributed by atoms with Crippen molar-refractivity contribution in [3.8, 4) is 11.1 Å². The summed E-state index contributed by atoms with van der Waals surface area (Å²) < 4.78 is 0. The van der Waals surface area contributed by atoms with Crippen LogP contribution >= 0.6 is 11.6 Å². The molecule has 2 rings (SSSR count). The quantitative estimate of drug-likeness (QED) is 0.799. The third-order valence-corrected chi connectivity index (χ3v) is 2.15. The predicted molar refractivity (Wildman–Crippen MR) is 57.8 cm³/mol. The van der Waals surface area contributed by atoms with Crippen molar-refractivity contribution in [1.82, 2.24) is 15.2 Å². The molecule has 0 saturated heterocycles. The molecule has 0 radical (unpaired) electrons. The van der Waals surface area contributed by atoms with E-state index in [2.05, 4.69) is 15.2 Å². The van der Waals surface area contributed by atoms with E-state index in [9.17, 15) is 4.79 Å². The van der Waals surface area contributed by atoms with Gasteiger partial charge in [0, 0.05) is 18.0 Å². The van der Waals surface area contributed by atoms with Crippen LogP contribution in [0.2, 0.25) is 5.15 Å². The Morgan fingerprint density at radius 1 is 1.33 bits per heavy atom. The molecule has 0 aromatic carbocycles. The Balaban J connectivity index is 2.63. The van der Waals surface area contributed by atoms with Gasteiger partial charge in [-0.1, -0.05) is 11.6 Å². The molecule has 0 unspecified atom stereocenters. The van der Waals surface area contributed by atoms with E-state index < -0.39 is 0 Å². The summed E-state index contributed by atoms with van der Waals surface area (Å²) in [6.45, 7) is 1.91. The number of aromatic amines is 1. The summed E-state index contributed by atoms with van der Waals surface area (Å²) >= 11 is 5.70. The summed E-state index contributed by atoms with van der Waals surface area (Å²) in [7, 11) is 0. The van der Waals surface area contributed by atoms with Crippen LogP contribution in [-0.2, 0) is 0 Å². The van der Waals surface area contributed by atoms with Crippen LogP contribution in [0, 0.1) is 6.92 Å². The standard InChI is InChI=1S/C10H8ClN3O/c1-6-2-7(5-12-4-6)8-3-9(11)13-14-10(8)15/h2-5H,1H3,(H,14,15). The minimum atomic E-state index is -0.271. The molecule has 2 heterocycles. The lowest BCUT2D eigenvalue weighted by Gasteiger charge is -2.00. The number of aromatic nitrogens is 3. The molecule has 5 heteroatoms. The number of hydrogen-bond acceptors (Lipinski definition) is 3. The van der Waals surface area contributed by atoms with Crippen LogP contribution < -0.4 is 5.56 Å². The number of H-pyrrole nitrogens is 1. The van der Waals surface area contributed by atoms with E-state index in [-0.39, 0.29) is 10.7 Å². The smallest absolute Gasteiger partial charge is 0.267 e. The minimum absolute atomic E-state index is 0.256. The fourth-order valence-electron chi connectivity index (χ4n) is 1.30. The SMILES string of the molecule is Cc1cncc(-c2cc(Cl)n[nH]c2=O)c1. The van der Waals surface area contributed by atoms with Gasteiger partial charge in [-0.15, -0.1) is 0 Å². The largest absolute Gasteiger partial charge is 0.272 e. The van der Waals surface area contributed by atoms with Gasteiger partial charge in [0.2, 0.25) is 0 Å². The van der Waals surface area contributed by atoms with Crippen molar-refractivity contribution in [2.75, 3.05) is 0 Å². The predicted octanol–water partition coefficient (Wildman–Crippen LogP) is 1.79. The molecule has 0 aliphatic rings. The van der Waals surface area contributed by atoms with Crippen molar-refractivity contribution in [3.63, 3.8) is 0 Å². The summed E-state index contributed by atoms with van der Waals surface area (Å²) in [6.07, 6.45) is 3.34. The Labute approximate surface area is 90.9 Å². The Morgan fingerprint density at radius 2 is 2.13 bits per heavy atom. The molecule has 0 aliphatic heterocycles. The van der Waals surface area contributed by atoms with Crippen LogP contribution in [0.15, 0.2) is 29.3 Å². The highest BCUT2D eigenvalue weighted by atomic mass is 35.5. The van der Waals surface area contributed by atoms with Gasteiger partial charge in [-0.25, -0.2) is 5.10 Å². The van der Waals surface area contributed by atoms with Gasteiger partial charge in [0.1, 0.15) is 5.15 Å². The maximum absolute atomic E-state index is 11.5. The molecule has 0 aliphatic carbocycles. The number of halogens is 1. The van der Waals surface area contributed by atoms with Crippen LogP contribution in [0.1, 0.15) is 5.56 Å². The van der Waals surface area contributed by atoms with Crippen LogP contribution in [-0.4, -0.2) is 15.2 Å². The first-order chi connectivity index (χ1) is 7.16. The van der Waals surface area contributed by atoms with Crippen molar-refractivity contribution in [3.05, 3.63) is 45.6 Å². The van der Waals surface area contributed by atoms with Crippen molar-refractivity contribution in [2.24, 2.45) is 0 Å². The molecule has 0 atom stereocenters. The highest BCUT2D eigenvalue weighted by molar-refractivity contribution is 6.29. The average Bonchev–Trinajstić information content (AvgIpc) is 2.22. The van der Waals surface area contributed by atoms with E-state index in [1.54, 1.807) is 12.4 Å². The van der Waals surface area contributed by atoms with Crippen molar-refractivity contribution >= 4 is 11.6 Å². The second-order valence-electron chi connectivity index (χ2n) is 3.18. The maximum atomic E-state index is 11.5. The summed E-state index contributed by atoms with van der Waals surface area (Å²) in [5, 5.41) is 6.17. The van der Waals surface area contributed by atoms with E-state index in [1.165, 1.54) is 6.07 Å². The second-order valence-corrected chi connectivity index (χ2v) is 3.57. The van der Waals surface area contributed by atoms with Gasteiger partial charge in [0.25, 0.3) is 5.56 Å². The van der Waals surface area contributed by atoms with E-state index >= 15 is 0 Å². The molecule has 2 aromatic heterocycles. The molecule has 76 valence electrons. The molecule has 0 bridgehead atoms. The van der Waals surface area contributed by atoms with E-state index in [0.29, 0.717) is 5.56 Å². The second kappa shape index (κ2) is 3.82. The molecule has 0 fully saturated rings. The first-order valence-electron chi connectivity index (χ1n) is 4.34. The zero-order chi connectivity index (χ0) is 10.8. The van der Waals surface area contributed by atoms with Gasteiger partial charge in [-0.3, -0.25) is 9.78 Å². The zero-order valence-electron chi connectivity index (χ0n) is 7.99. The van der Waals surface area contributed by atoms with Crippen LogP contribution in [0.4, 0.5) is 0 Å². The Hall–Kier alpha value is -1.68. The molecule has 0 spiro atoms. The molecule has 0 amide bonds. The summed E-state index contributed by atoms with van der Waals surface area (Å²) in [5.74, 6) is 0. The van der Waals surface area contributed by atoms with E-state index in [0.717, 1.165) is 11.1 Å². The lowest BCUT2D eigenvalue weighted by molar-refractivity contribution is 0.991. The molecular formula is C10H8ClN3O. The Bertz CT molecular complexity index is 550. The van der Waals surface area contributed by atoms with Crippen molar-refractivity contribution in [1.29, 1.82) is 0 Å². The number of pyridine rings is 1. The van der Waals surface area contributed by atoms with Crippen LogP contribution in [0.25, 0.3) is 11.1 Å². The van der Waals surface area contributed by atoms with Crippen molar-refractivity contribution in [2.45, 2.75) is 6.92 Å². The van der Waals surface area contributed by atoms with Crippen molar-refractivity contribution < 1.29 is 0 Å². The normalized spacial score (nSPS) is 10.3. The number of hydrogen-bond donors (Lipinski definition) is 1. The maximum Gasteiger partial charge on any atom is 0.272 e. The Morgan fingerprint density at radius 3 is 2.87 bits per heavy atom. The average molecular weight is 222 g/mol. The number of nitrogens with zero attached hydrogens (tertiary/aromatic N) is 2. The van der Waals surface area contributed by atoms with Gasteiger partial charge in [-0.2, -0.15) is 5.10 Å². The molecule has 2 aromatic rings. The molecular weight excluding hydrogens is 214 g/mol. The zero-order valence-corrected chi connectivity index (χ0v) is 8.75. The lowest BCUT2D eigenvalue weighted by Crippen LogP contribution is -2.10. The molecule has 15 heavy (non-hydrogen) atoms. The van der Waals surface area contributed by atoms with Gasteiger partial charge in [-0.05, 0) is 24.6 Å². The topological polar surface area (TPSA) is 58.6 Å². The molecule has 1 N–H and O–H groups in total. The molecule has 0 saturated carbocycles. The van der Waals surface area contributed by atoms with Crippen LogP contribution in [0.5, 0.6) is 0 Å². The third kappa shape index (κ3) is 2.05. The van der Waals surface area contributed by atoms with Gasteiger partial charge in [0.15, 0.2) is 0 Å². The number of rotatable bonds is 1. The fraction of sp³-hybridized carbons (Fsp3) is 0.100. The first-order valence-corrected chi connectivity index (χ1v) is 4.72. The summed E-state index contributed by atoms with van der Waals surface area (Å²) in [5.41, 5.74) is 1.93. The van der Waals surface area contributed by atoms with E-state index in [1.807, 2.05) is 13.0 Å². The lowest BCUT2D eigenvalue weighted by atomic mass is 10.1. The van der Waals surface area contributed by atoms with Gasteiger partial charge >= 0.3 is 0 Å². The minimum Gasteiger partial charge on any atom is -0.267 e. The van der Waals surface area contributed by atoms with Gasteiger partial charge in [0.05, 0.1) is 5.56 Å². The monoisotopic (exact) mass is 221 g/mol. The highest BCUT2D eigenvalue weighted by Gasteiger charge is 2.05. The first kappa shape index (κ1) is 9.86. The van der Waals surface area contributed by atoms with Crippen LogP contribution in [0.3, 0.4) is 0 Å². The highest BCUT2D eigenvalue weighted by Crippen LogP contribution is 2.16. The molecule has 4 nitrogen and oxygen atoms in total.